The number of nitrogens with one attached hydrogen (secondary N) is 1. The van der Waals surface area contributed by atoms with Crippen LogP contribution in [0.5, 0.6) is 0 Å². The second kappa shape index (κ2) is 7.94. The molecule has 0 heterocycles. The fourth-order valence-electron chi connectivity index (χ4n) is 1.87. The Morgan fingerprint density at radius 3 is 2.64 bits per heavy atom. The molecule has 1 amide bonds. The van der Waals surface area contributed by atoms with E-state index in [1.54, 1.807) is 37.3 Å². The Morgan fingerprint density at radius 1 is 1.14 bits per heavy atom. The van der Waals surface area contributed by atoms with E-state index >= 15 is 0 Å². The van der Waals surface area contributed by atoms with Crippen LogP contribution in [0.15, 0.2) is 42.5 Å². The molecule has 0 saturated carbocycles. The van der Waals surface area contributed by atoms with E-state index in [9.17, 15) is 13.6 Å². The van der Waals surface area contributed by atoms with Crippen molar-refractivity contribution in [1.29, 1.82) is 0 Å². The molecule has 0 aromatic heterocycles. The highest BCUT2D eigenvalue weighted by Crippen LogP contribution is 2.15. The van der Waals surface area contributed by atoms with Gasteiger partial charge in [0.2, 0.25) is 0 Å². The first-order chi connectivity index (χ1) is 10.6. The molecule has 0 fully saturated rings. The Balaban J connectivity index is 1.73. The van der Waals surface area contributed by atoms with Gasteiger partial charge in [-0.15, -0.1) is 0 Å². The van der Waals surface area contributed by atoms with Gasteiger partial charge in [0, 0.05) is 23.6 Å². The maximum Gasteiger partial charge on any atom is 0.251 e. The summed E-state index contributed by atoms with van der Waals surface area (Å²) in [6.45, 7) is 2.10. The van der Waals surface area contributed by atoms with E-state index < -0.39 is 0 Å². The summed E-state index contributed by atoms with van der Waals surface area (Å²) >= 11 is 1.53. The van der Waals surface area contributed by atoms with E-state index in [1.807, 2.05) is 0 Å². The van der Waals surface area contributed by atoms with Crippen LogP contribution in [0.3, 0.4) is 0 Å². The monoisotopic (exact) mass is 321 g/mol. The Hall–Kier alpha value is -1.88. The Kier molecular flexibility index (Phi) is 5.95. The molecule has 0 aliphatic rings. The molecule has 0 unspecified atom stereocenters. The first-order valence-corrected chi connectivity index (χ1v) is 8.09. The molecule has 0 aliphatic carbocycles. The third-order valence-corrected chi connectivity index (χ3v) is 4.19. The lowest BCUT2D eigenvalue weighted by Gasteiger charge is -2.07. The summed E-state index contributed by atoms with van der Waals surface area (Å²) in [5.41, 5.74) is 1.47. The molecule has 2 rings (SSSR count). The zero-order chi connectivity index (χ0) is 15.9. The van der Waals surface area contributed by atoms with Gasteiger partial charge < -0.3 is 5.32 Å². The Morgan fingerprint density at radius 2 is 1.91 bits per heavy atom. The van der Waals surface area contributed by atoms with Crippen molar-refractivity contribution < 1.29 is 13.6 Å². The van der Waals surface area contributed by atoms with Gasteiger partial charge in [0.15, 0.2) is 0 Å². The summed E-state index contributed by atoms with van der Waals surface area (Å²) in [6, 6.07) is 11.0. The van der Waals surface area contributed by atoms with E-state index in [-0.39, 0.29) is 17.5 Å². The van der Waals surface area contributed by atoms with Crippen LogP contribution in [0.1, 0.15) is 21.5 Å². The molecule has 0 aliphatic heterocycles. The van der Waals surface area contributed by atoms with E-state index in [4.69, 9.17) is 0 Å². The summed E-state index contributed by atoms with van der Waals surface area (Å²) in [7, 11) is 0. The fourth-order valence-corrected chi connectivity index (χ4v) is 2.72. The predicted octanol–water partition coefficient (Wildman–Crippen LogP) is 3.94. The number of thioether (sulfide) groups is 1. The molecule has 2 nitrogen and oxygen atoms in total. The summed E-state index contributed by atoms with van der Waals surface area (Å²) in [6.07, 6.45) is 0. The molecule has 0 radical (unpaired) electrons. The number of halogens is 2. The van der Waals surface area contributed by atoms with Crippen molar-refractivity contribution in [2.75, 3.05) is 12.3 Å². The number of aryl methyl sites for hydroxylation is 1. The number of rotatable bonds is 6. The van der Waals surface area contributed by atoms with Crippen molar-refractivity contribution in [3.63, 3.8) is 0 Å². The van der Waals surface area contributed by atoms with E-state index in [0.717, 1.165) is 0 Å². The average molecular weight is 321 g/mol. The molecular formula is C17H17F2NOS. The van der Waals surface area contributed by atoms with Crippen LogP contribution in [-0.2, 0) is 5.75 Å². The van der Waals surface area contributed by atoms with Gasteiger partial charge in [-0.25, -0.2) is 8.78 Å². The van der Waals surface area contributed by atoms with Crippen molar-refractivity contribution >= 4 is 17.7 Å². The van der Waals surface area contributed by atoms with Crippen LogP contribution in [0.2, 0.25) is 0 Å². The lowest BCUT2D eigenvalue weighted by atomic mass is 10.1. The third kappa shape index (κ3) is 4.56. The molecule has 22 heavy (non-hydrogen) atoms. The summed E-state index contributed by atoms with van der Waals surface area (Å²) in [4.78, 5) is 11.8. The molecule has 0 spiro atoms. The highest BCUT2D eigenvalue weighted by molar-refractivity contribution is 7.98. The standard InChI is InChI=1S/C17H17F2NOS/c1-12-6-7-13(10-16(12)19)17(21)20-8-9-22-11-14-4-2-3-5-15(14)18/h2-7,10H,8-9,11H2,1H3,(H,20,21). The second-order valence-corrected chi connectivity index (χ2v) is 5.97. The minimum absolute atomic E-state index is 0.214. The Labute approximate surface area is 132 Å². The highest BCUT2D eigenvalue weighted by atomic mass is 32.2. The van der Waals surface area contributed by atoms with Gasteiger partial charge in [-0.2, -0.15) is 11.8 Å². The van der Waals surface area contributed by atoms with E-state index in [2.05, 4.69) is 5.32 Å². The summed E-state index contributed by atoms with van der Waals surface area (Å²) in [5.74, 6) is 0.317. The minimum Gasteiger partial charge on any atom is -0.351 e. The van der Waals surface area contributed by atoms with Gasteiger partial charge >= 0.3 is 0 Å². The van der Waals surface area contributed by atoms with Crippen LogP contribution < -0.4 is 5.32 Å². The van der Waals surface area contributed by atoms with E-state index in [1.165, 1.54) is 23.9 Å². The third-order valence-electron chi connectivity index (χ3n) is 3.18. The normalized spacial score (nSPS) is 10.5. The number of carbonyl (C=O) groups is 1. The van der Waals surface area contributed by atoms with Crippen molar-refractivity contribution in [2.24, 2.45) is 0 Å². The zero-order valence-corrected chi connectivity index (χ0v) is 13.1. The van der Waals surface area contributed by atoms with Gasteiger partial charge in [-0.05, 0) is 36.2 Å². The lowest BCUT2D eigenvalue weighted by Crippen LogP contribution is -2.25. The molecular weight excluding hydrogens is 304 g/mol. The number of amides is 1. The molecule has 0 saturated heterocycles. The van der Waals surface area contributed by atoms with Crippen LogP contribution in [-0.4, -0.2) is 18.2 Å². The summed E-state index contributed by atoms with van der Waals surface area (Å²) < 4.78 is 26.8. The van der Waals surface area contributed by atoms with Gasteiger partial charge in [0.25, 0.3) is 5.91 Å². The van der Waals surface area contributed by atoms with Gasteiger partial charge in [0.05, 0.1) is 0 Å². The molecule has 0 atom stereocenters. The second-order valence-electron chi connectivity index (χ2n) is 4.86. The first kappa shape index (κ1) is 16.5. The lowest BCUT2D eigenvalue weighted by molar-refractivity contribution is 0.0955. The number of hydrogen-bond acceptors (Lipinski definition) is 2. The zero-order valence-electron chi connectivity index (χ0n) is 12.2. The fraction of sp³-hybridized carbons (Fsp3) is 0.235. The first-order valence-electron chi connectivity index (χ1n) is 6.93. The number of carbonyl (C=O) groups excluding carboxylic acids is 1. The average Bonchev–Trinajstić information content (AvgIpc) is 2.51. The minimum atomic E-state index is -0.387. The van der Waals surface area contributed by atoms with Crippen molar-refractivity contribution in [1.82, 2.24) is 5.32 Å². The predicted molar refractivity (Wildman–Crippen MR) is 86.0 cm³/mol. The Bertz CT molecular complexity index is 661. The molecule has 0 bridgehead atoms. The largest absolute Gasteiger partial charge is 0.351 e. The molecule has 116 valence electrons. The number of hydrogen-bond donors (Lipinski definition) is 1. The molecule has 2 aromatic rings. The van der Waals surface area contributed by atoms with Gasteiger partial charge in [-0.1, -0.05) is 24.3 Å². The van der Waals surface area contributed by atoms with Crippen molar-refractivity contribution in [2.45, 2.75) is 12.7 Å². The van der Waals surface area contributed by atoms with Crippen molar-refractivity contribution in [3.8, 4) is 0 Å². The quantitative estimate of drug-likeness (QED) is 0.817. The van der Waals surface area contributed by atoms with Crippen LogP contribution in [0, 0.1) is 18.6 Å². The molecule has 2 aromatic carbocycles. The van der Waals surface area contributed by atoms with Gasteiger partial charge in [-0.3, -0.25) is 4.79 Å². The van der Waals surface area contributed by atoms with Crippen molar-refractivity contribution in [3.05, 3.63) is 70.8 Å². The van der Waals surface area contributed by atoms with Crippen LogP contribution >= 0.6 is 11.8 Å². The highest BCUT2D eigenvalue weighted by Gasteiger charge is 2.07. The van der Waals surface area contributed by atoms with Crippen LogP contribution in [0.25, 0.3) is 0 Å². The number of benzene rings is 2. The summed E-state index contributed by atoms with van der Waals surface area (Å²) in [5, 5.41) is 2.73. The SMILES string of the molecule is Cc1ccc(C(=O)NCCSCc2ccccc2F)cc1F. The molecule has 1 N–H and O–H groups in total. The maximum atomic E-state index is 13.4. The molecule has 5 heteroatoms. The van der Waals surface area contributed by atoms with Crippen LogP contribution in [0.4, 0.5) is 8.78 Å². The smallest absolute Gasteiger partial charge is 0.251 e. The maximum absolute atomic E-state index is 13.4. The van der Waals surface area contributed by atoms with E-state index in [0.29, 0.717) is 34.7 Å². The van der Waals surface area contributed by atoms with Gasteiger partial charge in [0.1, 0.15) is 11.6 Å². The topological polar surface area (TPSA) is 29.1 Å².